The number of para-hydroxylation sites is 2. The van der Waals surface area contributed by atoms with Gasteiger partial charge in [-0.2, -0.15) is 0 Å². The van der Waals surface area contributed by atoms with Crippen LogP contribution >= 0.6 is 0 Å². The highest BCUT2D eigenvalue weighted by atomic mass is 19.1. The van der Waals surface area contributed by atoms with Gasteiger partial charge >= 0.3 is 0 Å². The minimum atomic E-state index is -0.661. The molecule has 0 spiro atoms. The average Bonchev–Trinajstić information content (AvgIpc) is 2.93. The molecule has 194 valence electrons. The number of benzene rings is 3. The lowest BCUT2D eigenvalue weighted by atomic mass is 10.1. The summed E-state index contributed by atoms with van der Waals surface area (Å²) in [4.78, 5) is 26.4. The molecule has 0 aliphatic carbocycles. The lowest BCUT2D eigenvalue weighted by molar-refractivity contribution is 0.411. The first kappa shape index (κ1) is 25.4. The first-order valence-corrected chi connectivity index (χ1v) is 11.9. The van der Waals surface area contributed by atoms with Crippen LogP contribution in [0.3, 0.4) is 0 Å². The molecule has 0 saturated carbocycles. The Hall–Kier alpha value is -5.30. The predicted molar refractivity (Wildman–Crippen MR) is 145 cm³/mol. The summed E-state index contributed by atoms with van der Waals surface area (Å²) >= 11 is 0. The summed E-state index contributed by atoms with van der Waals surface area (Å²) < 4.78 is 35.2. The third-order valence-electron chi connectivity index (χ3n) is 5.95. The molecule has 0 aliphatic rings. The van der Waals surface area contributed by atoms with Gasteiger partial charge < -0.3 is 15.8 Å². The van der Waals surface area contributed by atoms with Gasteiger partial charge in [-0.25, -0.2) is 23.7 Å². The molecule has 3 N–H and O–H groups in total. The minimum absolute atomic E-state index is 0.0411. The zero-order valence-electron chi connectivity index (χ0n) is 20.9. The van der Waals surface area contributed by atoms with Crippen molar-refractivity contribution < 1.29 is 13.5 Å². The van der Waals surface area contributed by atoms with Crippen molar-refractivity contribution in [3.8, 4) is 23.3 Å². The van der Waals surface area contributed by atoms with E-state index in [-0.39, 0.29) is 33.9 Å². The zero-order chi connectivity index (χ0) is 27.5. The number of halogens is 2. The van der Waals surface area contributed by atoms with Gasteiger partial charge in [0, 0.05) is 11.6 Å². The van der Waals surface area contributed by atoms with Crippen molar-refractivity contribution in [1.82, 2.24) is 19.5 Å². The maximum Gasteiger partial charge on any atom is 0.266 e. The minimum Gasteiger partial charge on any atom is -0.497 e. The van der Waals surface area contributed by atoms with Crippen molar-refractivity contribution >= 4 is 22.5 Å². The smallest absolute Gasteiger partial charge is 0.266 e. The van der Waals surface area contributed by atoms with Gasteiger partial charge in [0.2, 0.25) is 0 Å². The van der Waals surface area contributed by atoms with Crippen LogP contribution in [0.2, 0.25) is 0 Å². The summed E-state index contributed by atoms with van der Waals surface area (Å²) in [6, 6.07) is 16.6. The first-order chi connectivity index (χ1) is 18.9. The summed E-state index contributed by atoms with van der Waals surface area (Å²) in [5, 5.41) is 3.33. The molecule has 2 aromatic heterocycles. The molecule has 5 rings (SSSR count). The van der Waals surface area contributed by atoms with Gasteiger partial charge in [0.05, 0.1) is 24.2 Å². The Bertz CT molecular complexity index is 1810. The number of fused-ring (bicyclic) bond motifs is 1. The van der Waals surface area contributed by atoms with Gasteiger partial charge in [-0.15, -0.1) is 0 Å². The lowest BCUT2D eigenvalue weighted by Crippen LogP contribution is -2.28. The molecule has 5 aromatic rings. The Balaban J connectivity index is 1.60. The molecule has 0 radical (unpaired) electrons. The molecular weight excluding hydrogens is 502 g/mol. The Morgan fingerprint density at radius 3 is 2.59 bits per heavy atom. The fourth-order valence-corrected chi connectivity index (χ4v) is 4.10. The number of hydrogen-bond acceptors (Lipinski definition) is 7. The van der Waals surface area contributed by atoms with E-state index in [1.54, 1.807) is 37.3 Å². The largest absolute Gasteiger partial charge is 0.497 e. The van der Waals surface area contributed by atoms with Crippen molar-refractivity contribution in [3.63, 3.8) is 0 Å². The quantitative estimate of drug-likeness (QED) is 0.323. The van der Waals surface area contributed by atoms with E-state index in [1.165, 1.54) is 48.3 Å². The van der Waals surface area contributed by atoms with Gasteiger partial charge in [0.25, 0.3) is 5.56 Å². The van der Waals surface area contributed by atoms with Crippen molar-refractivity contribution in [3.05, 3.63) is 112 Å². The lowest BCUT2D eigenvalue weighted by Gasteiger charge is -2.21. The van der Waals surface area contributed by atoms with Crippen LogP contribution in [0.4, 0.5) is 20.4 Å². The number of hydrogen-bond donors (Lipinski definition) is 2. The fourth-order valence-electron chi connectivity index (χ4n) is 4.10. The third-order valence-corrected chi connectivity index (χ3v) is 5.95. The molecule has 0 amide bonds. The number of nitrogens with two attached hydrogens (primary N) is 1. The van der Waals surface area contributed by atoms with Gasteiger partial charge in [0.15, 0.2) is 0 Å². The third kappa shape index (κ3) is 5.10. The molecule has 0 aliphatic heterocycles. The van der Waals surface area contributed by atoms with E-state index < -0.39 is 23.2 Å². The number of aromatic nitrogens is 4. The molecule has 8 nitrogen and oxygen atoms in total. The Labute approximate surface area is 222 Å². The molecule has 39 heavy (non-hydrogen) atoms. The summed E-state index contributed by atoms with van der Waals surface area (Å²) in [5.74, 6) is 5.55. The van der Waals surface area contributed by atoms with Gasteiger partial charge in [0.1, 0.15) is 52.3 Å². The van der Waals surface area contributed by atoms with Crippen LogP contribution in [-0.2, 0) is 0 Å². The Morgan fingerprint density at radius 1 is 1.03 bits per heavy atom. The van der Waals surface area contributed by atoms with Crippen LogP contribution in [0.5, 0.6) is 5.75 Å². The molecule has 1 unspecified atom stereocenters. The SMILES string of the molecule is COc1cc(F)cc(C#Cc2c(N)ncnc2NC(C)c2nc3c(F)cccc3c(=O)n2-c2ccccc2)c1. The number of nitrogen functional groups attached to an aromatic ring is 1. The number of nitrogens with zero attached hydrogens (tertiary/aromatic N) is 4. The monoisotopic (exact) mass is 524 g/mol. The van der Waals surface area contributed by atoms with Crippen LogP contribution in [0.25, 0.3) is 16.6 Å². The Morgan fingerprint density at radius 2 is 1.82 bits per heavy atom. The fraction of sp³-hybridized carbons (Fsp3) is 0.103. The van der Waals surface area contributed by atoms with Gasteiger partial charge in [-0.3, -0.25) is 9.36 Å². The van der Waals surface area contributed by atoms with Crippen molar-refractivity contribution in [2.24, 2.45) is 0 Å². The van der Waals surface area contributed by atoms with Crippen molar-refractivity contribution in [1.29, 1.82) is 0 Å². The number of anilines is 2. The second-order valence-corrected chi connectivity index (χ2v) is 8.56. The molecule has 2 heterocycles. The van der Waals surface area contributed by atoms with E-state index in [0.29, 0.717) is 17.0 Å². The summed E-state index contributed by atoms with van der Waals surface area (Å²) in [6.45, 7) is 1.75. The summed E-state index contributed by atoms with van der Waals surface area (Å²) in [6.07, 6.45) is 1.26. The highest BCUT2D eigenvalue weighted by Gasteiger charge is 2.21. The maximum absolute atomic E-state index is 14.7. The predicted octanol–water partition coefficient (Wildman–Crippen LogP) is 4.62. The second-order valence-electron chi connectivity index (χ2n) is 8.56. The zero-order valence-corrected chi connectivity index (χ0v) is 20.9. The van der Waals surface area contributed by atoms with Crippen LogP contribution in [0.1, 0.15) is 29.9 Å². The van der Waals surface area contributed by atoms with E-state index in [9.17, 15) is 13.6 Å². The normalized spacial score (nSPS) is 11.5. The molecule has 3 aromatic carbocycles. The average molecular weight is 525 g/mol. The van der Waals surface area contributed by atoms with Crippen molar-refractivity contribution in [2.45, 2.75) is 13.0 Å². The number of rotatable bonds is 5. The van der Waals surface area contributed by atoms with Crippen molar-refractivity contribution in [2.75, 3.05) is 18.2 Å². The molecule has 0 saturated heterocycles. The van der Waals surface area contributed by atoms with Crippen LogP contribution in [-0.4, -0.2) is 26.6 Å². The Kier molecular flexibility index (Phi) is 6.89. The van der Waals surface area contributed by atoms with Gasteiger partial charge in [-0.1, -0.05) is 36.1 Å². The highest BCUT2D eigenvalue weighted by Crippen LogP contribution is 2.25. The maximum atomic E-state index is 14.7. The molecule has 0 bridgehead atoms. The van der Waals surface area contributed by atoms with E-state index >= 15 is 0 Å². The summed E-state index contributed by atoms with van der Waals surface area (Å²) in [7, 11) is 1.43. The van der Waals surface area contributed by atoms with E-state index in [0.717, 1.165) is 0 Å². The van der Waals surface area contributed by atoms with Gasteiger partial charge in [-0.05, 0) is 43.3 Å². The molecular formula is C29H22F2N6O2. The summed E-state index contributed by atoms with van der Waals surface area (Å²) in [5.41, 5.74) is 6.83. The number of nitrogens with one attached hydrogen (secondary N) is 1. The van der Waals surface area contributed by atoms with E-state index in [1.807, 2.05) is 6.07 Å². The van der Waals surface area contributed by atoms with Crippen LogP contribution in [0, 0.1) is 23.5 Å². The van der Waals surface area contributed by atoms with E-state index in [4.69, 9.17) is 10.5 Å². The second kappa shape index (κ2) is 10.6. The first-order valence-electron chi connectivity index (χ1n) is 11.9. The number of methoxy groups -OCH3 is 1. The van der Waals surface area contributed by atoms with Crippen LogP contribution < -0.4 is 21.3 Å². The van der Waals surface area contributed by atoms with Crippen LogP contribution in [0.15, 0.2) is 77.9 Å². The standard InChI is InChI=1S/C29H22F2N6O2/c1-17(28-36-25-22(9-6-10-24(25)31)29(38)37(28)20-7-4-3-5-8-20)35-27-23(26(32)33-16-34-27)12-11-18-13-19(30)15-21(14-18)39-2/h3-10,13-17H,1-2H3,(H3,32,33,34,35). The molecule has 1 atom stereocenters. The van der Waals surface area contributed by atoms with E-state index in [2.05, 4.69) is 32.1 Å². The molecule has 0 fully saturated rings. The molecule has 10 heteroatoms. The topological polar surface area (TPSA) is 108 Å². The highest BCUT2D eigenvalue weighted by molar-refractivity contribution is 5.78. The number of ether oxygens (including phenoxy) is 1.